The SMILES string of the molecule is CC/C=C/CC(F)(C(=O)O)C(F)(F)F. The van der Waals surface area contributed by atoms with Gasteiger partial charge in [-0.3, -0.25) is 0 Å². The van der Waals surface area contributed by atoms with Crippen LogP contribution in [0.4, 0.5) is 17.6 Å². The molecule has 0 radical (unpaired) electrons. The monoisotopic (exact) mass is 214 g/mol. The maximum Gasteiger partial charge on any atom is 0.433 e. The van der Waals surface area contributed by atoms with Gasteiger partial charge in [-0.25, -0.2) is 9.18 Å². The molecular formula is C8H10F4O2. The van der Waals surface area contributed by atoms with Crippen LogP contribution >= 0.6 is 0 Å². The maximum absolute atomic E-state index is 13.0. The number of allylic oxidation sites excluding steroid dienone is 2. The minimum Gasteiger partial charge on any atom is -0.479 e. The van der Waals surface area contributed by atoms with Crippen molar-refractivity contribution >= 4 is 5.97 Å². The highest BCUT2D eigenvalue weighted by atomic mass is 19.4. The largest absolute Gasteiger partial charge is 0.479 e. The summed E-state index contributed by atoms with van der Waals surface area (Å²) >= 11 is 0. The lowest BCUT2D eigenvalue weighted by molar-refractivity contribution is -0.235. The van der Waals surface area contributed by atoms with Crippen molar-refractivity contribution < 1.29 is 27.5 Å². The summed E-state index contributed by atoms with van der Waals surface area (Å²) in [6.45, 7) is 1.64. The molecule has 1 atom stereocenters. The summed E-state index contributed by atoms with van der Waals surface area (Å²) in [7, 11) is 0. The number of carboxylic acids is 1. The molecule has 0 saturated carbocycles. The van der Waals surface area contributed by atoms with Crippen molar-refractivity contribution in [3.05, 3.63) is 12.2 Å². The third-order valence-corrected chi connectivity index (χ3v) is 1.59. The highest BCUT2D eigenvalue weighted by molar-refractivity contribution is 5.78. The first-order valence-electron chi connectivity index (χ1n) is 3.89. The number of alkyl halides is 4. The molecule has 1 N–H and O–H groups in total. The first-order chi connectivity index (χ1) is 6.25. The highest BCUT2D eigenvalue weighted by Crippen LogP contribution is 2.37. The van der Waals surface area contributed by atoms with Gasteiger partial charge in [0, 0.05) is 6.42 Å². The number of rotatable bonds is 4. The molecule has 0 bridgehead atoms. The van der Waals surface area contributed by atoms with E-state index in [1.54, 1.807) is 6.92 Å². The molecule has 0 aliphatic rings. The van der Waals surface area contributed by atoms with Crippen LogP contribution in [-0.2, 0) is 4.79 Å². The molecule has 0 aromatic rings. The zero-order chi connectivity index (χ0) is 11.4. The third kappa shape index (κ3) is 2.71. The number of aliphatic carboxylic acids is 1. The van der Waals surface area contributed by atoms with Crippen LogP contribution in [-0.4, -0.2) is 22.9 Å². The van der Waals surface area contributed by atoms with E-state index in [0.717, 1.165) is 6.08 Å². The Morgan fingerprint density at radius 3 is 2.07 bits per heavy atom. The second kappa shape index (κ2) is 4.43. The topological polar surface area (TPSA) is 37.3 Å². The second-order valence-corrected chi connectivity index (χ2v) is 2.69. The van der Waals surface area contributed by atoms with Gasteiger partial charge in [-0.05, 0) is 6.42 Å². The number of carbonyl (C=O) groups is 1. The minimum absolute atomic E-state index is 0.424. The molecular weight excluding hydrogens is 204 g/mol. The van der Waals surface area contributed by atoms with E-state index in [1.807, 2.05) is 0 Å². The number of hydrogen-bond acceptors (Lipinski definition) is 1. The average Bonchev–Trinajstić information content (AvgIpc) is 2.02. The summed E-state index contributed by atoms with van der Waals surface area (Å²) in [4.78, 5) is 10.1. The maximum atomic E-state index is 13.0. The zero-order valence-electron chi connectivity index (χ0n) is 7.44. The molecule has 0 aliphatic carbocycles. The van der Waals surface area contributed by atoms with Crippen molar-refractivity contribution in [2.45, 2.75) is 31.6 Å². The Morgan fingerprint density at radius 1 is 1.29 bits per heavy atom. The van der Waals surface area contributed by atoms with Crippen LogP contribution in [0.2, 0.25) is 0 Å². The van der Waals surface area contributed by atoms with Gasteiger partial charge in [0.15, 0.2) is 0 Å². The molecule has 6 heteroatoms. The molecule has 0 aliphatic heterocycles. The van der Waals surface area contributed by atoms with Crippen LogP contribution in [0.3, 0.4) is 0 Å². The van der Waals surface area contributed by atoms with Crippen LogP contribution in [0, 0.1) is 0 Å². The van der Waals surface area contributed by atoms with Gasteiger partial charge in [0.05, 0.1) is 0 Å². The lowest BCUT2D eigenvalue weighted by Crippen LogP contribution is -2.47. The van der Waals surface area contributed by atoms with E-state index in [4.69, 9.17) is 5.11 Å². The Morgan fingerprint density at radius 2 is 1.79 bits per heavy atom. The molecule has 0 spiro atoms. The number of carboxylic acid groups (broad SMARTS) is 1. The fourth-order valence-corrected chi connectivity index (χ4v) is 0.737. The first-order valence-corrected chi connectivity index (χ1v) is 3.89. The first kappa shape index (κ1) is 12.9. The summed E-state index contributed by atoms with van der Waals surface area (Å²) in [5.41, 5.74) is -4.18. The van der Waals surface area contributed by atoms with Crippen molar-refractivity contribution in [2.75, 3.05) is 0 Å². The van der Waals surface area contributed by atoms with Crippen LogP contribution in [0.5, 0.6) is 0 Å². The molecule has 0 amide bonds. The zero-order valence-corrected chi connectivity index (χ0v) is 7.44. The van der Waals surface area contributed by atoms with Gasteiger partial charge in [0.2, 0.25) is 0 Å². The van der Waals surface area contributed by atoms with Crippen molar-refractivity contribution in [3.8, 4) is 0 Å². The van der Waals surface area contributed by atoms with Gasteiger partial charge in [0.25, 0.3) is 0 Å². The highest BCUT2D eigenvalue weighted by Gasteiger charge is 2.61. The standard InChI is InChI=1S/C8H10F4O2/c1-2-3-4-5-7(9,6(13)14)8(10,11)12/h3-4H,2,5H2,1H3,(H,13,14)/b4-3+. The van der Waals surface area contributed by atoms with E-state index in [9.17, 15) is 22.4 Å². The molecule has 0 fully saturated rings. The van der Waals surface area contributed by atoms with Crippen molar-refractivity contribution in [1.82, 2.24) is 0 Å². The molecule has 82 valence electrons. The number of hydrogen-bond donors (Lipinski definition) is 1. The van der Waals surface area contributed by atoms with Gasteiger partial charge in [-0.2, -0.15) is 13.2 Å². The van der Waals surface area contributed by atoms with Gasteiger partial charge in [0.1, 0.15) is 0 Å². The summed E-state index contributed by atoms with van der Waals surface area (Å²) in [5, 5.41) is 8.14. The Labute approximate surface area is 78.2 Å². The Hall–Kier alpha value is -1.07. The molecule has 2 nitrogen and oxygen atoms in total. The van der Waals surface area contributed by atoms with Gasteiger partial charge < -0.3 is 5.11 Å². The summed E-state index contributed by atoms with van der Waals surface area (Å²) in [5.74, 6) is -2.51. The van der Waals surface area contributed by atoms with E-state index < -0.39 is 24.2 Å². The van der Waals surface area contributed by atoms with Crippen LogP contribution in [0.1, 0.15) is 19.8 Å². The van der Waals surface area contributed by atoms with E-state index in [1.165, 1.54) is 6.08 Å². The van der Waals surface area contributed by atoms with E-state index in [-0.39, 0.29) is 0 Å². The van der Waals surface area contributed by atoms with E-state index in [2.05, 4.69) is 0 Å². The third-order valence-electron chi connectivity index (χ3n) is 1.59. The quantitative estimate of drug-likeness (QED) is 0.577. The van der Waals surface area contributed by atoms with E-state index in [0.29, 0.717) is 6.42 Å². The predicted molar refractivity (Wildman–Crippen MR) is 41.6 cm³/mol. The molecule has 1 unspecified atom stereocenters. The van der Waals surface area contributed by atoms with Gasteiger partial charge in [-0.1, -0.05) is 19.1 Å². The Bertz CT molecular complexity index is 234. The fourth-order valence-electron chi connectivity index (χ4n) is 0.737. The smallest absolute Gasteiger partial charge is 0.433 e. The fraction of sp³-hybridized carbons (Fsp3) is 0.625. The molecule has 0 aromatic heterocycles. The Balaban J connectivity index is 4.75. The van der Waals surface area contributed by atoms with Crippen molar-refractivity contribution in [1.29, 1.82) is 0 Å². The number of halogens is 4. The van der Waals surface area contributed by atoms with Gasteiger partial charge in [-0.15, -0.1) is 0 Å². The van der Waals surface area contributed by atoms with Crippen molar-refractivity contribution in [3.63, 3.8) is 0 Å². The second-order valence-electron chi connectivity index (χ2n) is 2.69. The van der Waals surface area contributed by atoms with Crippen LogP contribution < -0.4 is 0 Å². The Kier molecular flexibility index (Phi) is 4.09. The van der Waals surface area contributed by atoms with Crippen LogP contribution in [0.25, 0.3) is 0 Å². The minimum atomic E-state index is -5.39. The molecule has 0 heterocycles. The van der Waals surface area contributed by atoms with Gasteiger partial charge >= 0.3 is 17.8 Å². The summed E-state index contributed by atoms with van der Waals surface area (Å²) < 4.78 is 48.9. The lowest BCUT2D eigenvalue weighted by atomic mass is 10.0. The normalized spacial score (nSPS) is 16.9. The summed E-state index contributed by atoms with van der Waals surface area (Å²) in [6, 6.07) is 0. The van der Waals surface area contributed by atoms with Crippen molar-refractivity contribution in [2.24, 2.45) is 0 Å². The summed E-state index contributed by atoms with van der Waals surface area (Å²) in [6.07, 6.45) is -4.01. The molecule has 14 heavy (non-hydrogen) atoms. The molecule has 0 aromatic carbocycles. The predicted octanol–water partition coefficient (Wildman–Crippen LogP) is 2.70. The molecule has 0 rings (SSSR count). The van der Waals surface area contributed by atoms with Crippen LogP contribution in [0.15, 0.2) is 12.2 Å². The molecule has 0 saturated heterocycles. The lowest BCUT2D eigenvalue weighted by Gasteiger charge is -2.21. The average molecular weight is 214 g/mol. The van der Waals surface area contributed by atoms with E-state index >= 15 is 0 Å².